The van der Waals surface area contributed by atoms with Crippen LogP contribution in [0.3, 0.4) is 0 Å². The van der Waals surface area contributed by atoms with Gasteiger partial charge in [-0.05, 0) is 59.0 Å². The van der Waals surface area contributed by atoms with Crippen LogP contribution in [0.1, 0.15) is 0 Å². The largest absolute Gasteiger partial charge is 0.506 e. The van der Waals surface area contributed by atoms with E-state index in [0.29, 0.717) is 10.8 Å². The molecule has 2 heterocycles. The number of hydrogen-bond donors (Lipinski definition) is 1. The molecule has 4 aromatic rings. The first-order valence-electron chi connectivity index (χ1n) is 7.19. The molecule has 0 saturated carbocycles. The Hall–Kier alpha value is -2.49. The number of fused-ring (bicyclic) bond motifs is 2. The lowest BCUT2D eigenvalue weighted by Gasteiger charge is -1.99. The lowest BCUT2D eigenvalue weighted by molar-refractivity contribution is 0.473. The first kappa shape index (κ1) is 18.3. The molecule has 0 bridgehead atoms. The molecule has 0 spiro atoms. The fourth-order valence-electron chi connectivity index (χ4n) is 2.24. The summed E-state index contributed by atoms with van der Waals surface area (Å²) in [6.07, 6.45) is 2.58. The zero-order chi connectivity index (χ0) is 18.8. The van der Waals surface area contributed by atoms with Gasteiger partial charge in [0, 0.05) is 20.5 Å². The zero-order valence-corrected chi connectivity index (χ0v) is 15.0. The number of aromatic nitrogens is 2. The van der Waals surface area contributed by atoms with Gasteiger partial charge < -0.3 is 5.11 Å². The zero-order valence-electron chi connectivity index (χ0n) is 12.9. The molecule has 0 aliphatic heterocycles. The Morgan fingerprint density at radius 1 is 0.731 bits per heavy atom. The van der Waals surface area contributed by atoms with Crippen LogP contribution in [0.5, 0.6) is 5.75 Å². The molecule has 0 amide bonds. The van der Waals surface area contributed by atoms with Crippen molar-refractivity contribution < 1.29 is 22.7 Å². The van der Waals surface area contributed by atoms with Gasteiger partial charge in [0.2, 0.25) is 0 Å². The third-order valence-corrected chi connectivity index (χ3v) is 4.03. The fraction of sp³-hybridized carbons (Fsp3) is 0. The van der Waals surface area contributed by atoms with E-state index >= 15 is 0 Å². The first-order valence-corrected chi connectivity index (χ1v) is 8.26. The fourth-order valence-corrected chi connectivity index (χ4v) is 2.72. The van der Waals surface area contributed by atoms with E-state index in [1.54, 1.807) is 6.07 Å². The molecule has 4 rings (SSSR count). The molecule has 0 aliphatic rings. The number of pyridine rings is 2. The molecule has 2 aromatic heterocycles. The van der Waals surface area contributed by atoms with Crippen molar-refractivity contribution >= 4 is 44.4 Å². The van der Waals surface area contributed by atoms with Crippen LogP contribution in [0.2, 0.25) is 0 Å². The van der Waals surface area contributed by atoms with Gasteiger partial charge in [0.25, 0.3) is 0 Å². The Balaban J connectivity index is 0.000000151. The quantitative estimate of drug-likeness (QED) is 0.278. The third-order valence-electron chi connectivity index (χ3n) is 3.44. The molecule has 2 aromatic carbocycles. The topological polar surface area (TPSA) is 46.0 Å². The average molecular weight is 472 g/mol. The summed E-state index contributed by atoms with van der Waals surface area (Å²) in [7, 11) is 0. The number of rotatable bonds is 0. The van der Waals surface area contributed by atoms with Crippen LogP contribution in [0.15, 0.2) is 48.8 Å². The number of aromatic hydroxyl groups is 1. The molecule has 0 unspecified atom stereocenters. The first-order chi connectivity index (χ1) is 12.4. The van der Waals surface area contributed by atoms with Gasteiger partial charge in [0.1, 0.15) is 16.8 Å². The summed E-state index contributed by atoms with van der Waals surface area (Å²) in [6.45, 7) is 0. The number of nitrogens with zero attached hydrogens (tertiary/aromatic N) is 2. The maximum absolute atomic E-state index is 13.1. The van der Waals surface area contributed by atoms with Gasteiger partial charge in [-0.1, -0.05) is 0 Å². The minimum absolute atomic E-state index is 0.0708. The summed E-state index contributed by atoms with van der Waals surface area (Å²) < 4.78 is 52.4. The molecule has 0 fully saturated rings. The number of benzene rings is 2. The van der Waals surface area contributed by atoms with Gasteiger partial charge in [-0.3, -0.25) is 4.98 Å². The Morgan fingerprint density at radius 2 is 1.23 bits per heavy atom. The van der Waals surface area contributed by atoms with Gasteiger partial charge in [0.05, 0.1) is 6.20 Å². The van der Waals surface area contributed by atoms with Gasteiger partial charge in [0.15, 0.2) is 23.3 Å². The predicted molar refractivity (Wildman–Crippen MR) is 97.7 cm³/mol. The minimum atomic E-state index is -0.988. The lowest BCUT2D eigenvalue weighted by atomic mass is 10.2. The van der Waals surface area contributed by atoms with Crippen molar-refractivity contribution in [2.24, 2.45) is 0 Å². The predicted octanol–water partition coefficient (Wildman–Crippen LogP) is 5.34. The molecule has 3 nitrogen and oxygen atoms in total. The van der Waals surface area contributed by atoms with Gasteiger partial charge in [-0.2, -0.15) is 0 Å². The van der Waals surface area contributed by atoms with Crippen LogP contribution in [0, 0.1) is 26.8 Å². The van der Waals surface area contributed by atoms with Crippen molar-refractivity contribution in [2.45, 2.75) is 0 Å². The normalized spacial score (nSPS) is 10.7. The third kappa shape index (κ3) is 3.69. The van der Waals surface area contributed by atoms with Crippen LogP contribution in [-0.4, -0.2) is 15.1 Å². The van der Waals surface area contributed by atoms with E-state index in [0.717, 1.165) is 21.9 Å². The van der Waals surface area contributed by atoms with Crippen molar-refractivity contribution in [1.82, 2.24) is 9.97 Å². The van der Waals surface area contributed by atoms with Crippen molar-refractivity contribution in [3.05, 3.63) is 75.6 Å². The van der Waals surface area contributed by atoms with E-state index in [1.807, 2.05) is 0 Å². The maximum Gasteiger partial charge on any atom is 0.184 e. The Bertz CT molecular complexity index is 1030. The number of halogens is 5. The highest BCUT2D eigenvalue weighted by Crippen LogP contribution is 2.21. The van der Waals surface area contributed by atoms with E-state index in [-0.39, 0.29) is 16.8 Å². The minimum Gasteiger partial charge on any atom is -0.506 e. The van der Waals surface area contributed by atoms with E-state index in [9.17, 15) is 17.6 Å². The molecular weight excluding hydrogens is 463 g/mol. The van der Waals surface area contributed by atoms with Crippen molar-refractivity contribution in [2.75, 3.05) is 0 Å². The molecule has 0 aliphatic carbocycles. The maximum atomic E-state index is 13.1. The van der Waals surface area contributed by atoms with Crippen molar-refractivity contribution in [3.63, 3.8) is 0 Å². The monoisotopic (exact) mass is 472 g/mol. The summed E-state index contributed by atoms with van der Waals surface area (Å²) in [6, 6.07) is 8.06. The van der Waals surface area contributed by atoms with E-state index in [2.05, 4.69) is 32.6 Å². The van der Waals surface area contributed by atoms with E-state index < -0.39 is 23.3 Å². The molecule has 0 saturated heterocycles. The Labute approximate surface area is 158 Å². The second-order valence-corrected chi connectivity index (χ2v) is 6.46. The summed E-state index contributed by atoms with van der Waals surface area (Å²) in [5, 5.41) is 10.0. The summed E-state index contributed by atoms with van der Waals surface area (Å²) in [5.41, 5.74) is 0.0122. The highest BCUT2D eigenvalue weighted by atomic mass is 127. The van der Waals surface area contributed by atoms with Crippen LogP contribution in [0.25, 0.3) is 21.8 Å². The second kappa shape index (κ2) is 7.40. The van der Waals surface area contributed by atoms with Crippen LogP contribution in [0.4, 0.5) is 17.6 Å². The Morgan fingerprint density at radius 3 is 1.81 bits per heavy atom. The standard InChI is InChI=1S/C9H4F2IN.C9H5F2NO/c10-7-2-1-5-3-6(12)4-13-9(5)8(7)11;10-7-2-1-5-3-6(13)4-12-9(5)8(7)11/h1-4H;1-4,13H. The molecule has 0 atom stereocenters. The number of hydrogen-bond acceptors (Lipinski definition) is 3. The van der Waals surface area contributed by atoms with Crippen LogP contribution in [-0.2, 0) is 0 Å². The SMILES string of the molecule is Fc1ccc2cc(I)cnc2c1F.Oc1cnc2c(F)c(F)ccc2c1. The Kier molecular flexibility index (Phi) is 5.21. The lowest BCUT2D eigenvalue weighted by Crippen LogP contribution is -1.89. The van der Waals surface area contributed by atoms with E-state index in [4.69, 9.17) is 5.11 Å². The highest BCUT2D eigenvalue weighted by Gasteiger charge is 2.08. The van der Waals surface area contributed by atoms with Gasteiger partial charge >= 0.3 is 0 Å². The molecule has 8 heteroatoms. The van der Waals surface area contributed by atoms with Crippen molar-refractivity contribution in [1.29, 1.82) is 0 Å². The van der Waals surface area contributed by atoms with Crippen molar-refractivity contribution in [3.8, 4) is 5.75 Å². The summed E-state index contributed by atoms with van der Waals surface area (Å²) in [5.74, 6) is -3.74. The van der Waals surface area contributed by atoms with Gasteiger partial charge in [-0.15, -0.1) is 0 Å². The summed E-state index contributed by atoms with van der Waals surface area (Å²) in [4.78, 5) is 7.39. The molecule has 0 radical (unpaired) electrons. The van der Waals surface area contributed by atoms with Crippen LogP contribution < -0.4 is 0 Å². The average Bonchev–Trinajstić information content (AvgIpc) is 2.62. The van der Waals surface area contributed by atoms with E-state index in [1.165, 1.54) is 24.4 Å². The van der Waals surface area contributed by atoms with Gasteiger partial charge in [-0.25, -0.2) is 22.5 Å². The summed E-state index contributed by atoms with van der Waals surface area (Å²) >= 11 is 2.07. The second-order valence-electron chi connectivity index (χ2n) is 5.21. The highest BCUT2D eigenvalue weighted by molar-refractivity contribution is 14.1. The molecule has 132 valence electrons. The molecule has 26 heavy (non-hydrogen) atoms. The smallest absolute Gasteiger partial charge is 0.184 e. The van der Waals surface area contributed by atoms with Crippen LogP contribution >= 0.6 is 22.6 Å². The molecular formula is C18H9F4IN2O. The molecule has 1 N–H and O–H groups in total.